The van der Waals surface area contributed by atoms with Gasteiger partial charge in [-0.25, -0.2) is 18.7 Å². The maximum atomic E-state index is 17.5. The summed E-state index contributed by atoms with van der Waals surface area (Å²) >= 11 is 0.403. The summed E-state index contributed by atoms with van der Waals surface area (Å²) in [5.74, 6) is -1.75. The third-order valence-electron chi connectivity index (χ3n) is 10.5. The molecule has 2 N–H and O–H groups in total. The second-order valence-electron chi connectivity index (χ2n) is 12.4. The molecule has 7 atom stereocenters. The normalized spacial score (nSPS) is 35.6. The maximum Gasteiger partial charge on any atom is 0.339 e. The van der Waals surface area contributed by atoms with Crippen molar-refractivity contribution in [2.45, 2.75) is 63.3 Å². The molecule has 1 aromatic heterocycles. The number of nitrogens with one attached hydrogen (secondary N) is 1. The number of thioether (sulfide) groups is 1. The molecule has 4 aliphatic rings. The smallest absolute Gasteiger partial charge is 0.339 e. The average molecular weight is 627 g/mol. The van der Waals surface area contributed by atoms with Crippen molar-refractivity contribution in [1.29, 1.82) is 0 Å². The number of fused-ring (bicyclic) bond motifs is 5. The van der Waals surface area contributed by atoms with E-state index in [1.165, 1.54) is 48.6 Å². The molecule has 0 bridgehead atoms. The van der Waals surface area contributed by atoms with Crippen LogP contribution >= 0.6 is 11.8 Å². The Morgan fingerprint density at radius 2 is 1.86 bits per heavy atom. The third kappa shape index (κ3) is 4.40. The molecule has 3 saturated carbocycles. The molecule has 12 heteroatoms. The minimum absolute atomic E-state index is 0.0534. The molecule has 6 rings (SSSR count). The van der Waals surface area contributed by atoms with Gasteiger partial charge in [-0.05, 0) is 93.1 Å². The first-order valence-corrected chi connectivity index (χ1v) is 15.5. The van der Waals surface area contributed by atoms with Gasteiger partial charge in [0.2, 0.25) is 11.0 Å². The van der Waals surface area contributed by atoms with Gasteiger partial charge in [-0.3, -0.25) is 14.4 Å². The van der Waals surface area contributed by atoms with Gasteiger partial charge in [-0.15, -0.1) is 5.10 Å². The second kappa shape index (κ2) is 10.8. The number of aromatic nitrogens is 2. The summed E-state index contributed by atoms with van der Waals surface area (Å²) in [6.45, 7) is 3.44. The summed E-state index contributed by atoms with van der Waals surface area (Å²) in [5.41, 5.74) is -5.98. The Morgan fingerprint density at radius 3 is 2.55 bits per heavy atom. The van der Waals surface area contributed by atoms with Crippen molar-refractivity contribution >= 4 is 28.6 Å². The fourth-order valence-electron chi connectivity index (χ4n) is 8.29. The van der Waals surface area contributed by atoms with E-state index >= 15 is 4.39 Å². The maximum absolute atomic E-state index is 17.5. The van der Waals surface area contributed by atoms with Crippen molar-refractivity contribution in [2.24, 2.45) is 22.7 Å². The molecule has 0 spiro atoms. The first-order valence-electron chi connectivity index (χ1n) is 14.5. The number of ether oxygens (including phenoxy) is 2. The van der Waals surface area contributed by atoms with Crippen LogP contribution in [0.5, 0.6) is 11.6 Å². The van der Waals surface area contributed by atoms with Crippen molar-refractivity contribution in [2.75, 3.05) is 6.01 Å². The number of alkyl halides is 2. The first kappa shape index (κ1) is 30.4. The van der Waals surface area contributed by atoms with Gasteiger partial charge in [0.15, 0.2) is 17.1 Å². The SMILES string of the molecule is C[C@]12C=CC(=O)C=C1CCC1C3CC[C@](OC(=O)c4ccc(Oc5ccc(=O)[nH]n5)cc4)(C(=O)SCF)[C@@]3(C)C[C@H](O)C12F. The Morgan fingerprint density at radius 1 is 1.11 bits per heavy atom. The molecule has 3 unspecified atom stereocenters. The number of allylic oxidation sites excluding steroid dienone is 4. The number of carbonyl (C=O) groups is 3. The highest BCUT2D eigenvalue weighted by atomic mass is 32.2. The van der Waals surface area contributed by atoms with E-state index in [0.717, 1.165) is 0 Å². The number of benzene rings is 1. The van der Waals surface area contributed by atoms with Crippen molar-refractivity contribution in [3.8, 4) is 11.6 Å². The van der Waals surface area contributed by atoms with Crippen LogP contribution in [0.4, 0.5) is 8.78 Å². The number of H-pyrrole nitrogens is 1. The number of rotatable bonds is 6. The lowest BCUT2D eigenvalue weighted by Gasteiger charge is -2.62. The van der Waals surface area contributed by atoms with Crippen LogP contribution in [-0.4, -0.2) is 55.6 Å². The largest absolute Gasteiger partial charge is 0.446 e. The van der Waals surface area contributed by atoms with Crippen LogP contribution in [0.2, 0.25) is 0 Å². The quantitative estimate of drug-likeness (QED) is 0.424. The molecule has 1 aromatic carbocycles. The fourth-order valence-corrected chi connectivity index (χ4v) is 9.00. The summed E-state index contributed by atoms with van der Waals surface area (Å²) in [6, 6.07) is 7.46. The molecular formula is C32H32F2N2O7S. The highest BCUT2D eigenvalue weighted by Crippen LogP contribution is 2.70. The van der Waals surface area contributed by atoms with E-state index in [0.29, 0.717) is 42.3 Å². The van der Waals surface area contributed by atoms with Crippen molar-refractivity contribution < 1.29 is 37.7 Å². The standard InChI is InChI=1S/C32H32F2N2O7S/c1-29-13-11-20(37)15-19(29)5-8-23-22-12-14-31(28(41)44-17-33,30(22,2)16-24(38)32(23,29)34)43-27(40)18-3-6-21(7-4-18)42-26-10-9-25(39)35-36-26/h3-4,6-7,9-11,13,15,22-24,38H,5,8,12,14,16-17H2,1-2H3,(H,35,39)/t22?,23?,24-,29-,30-,31-,32?/m0/s1. The number of carbonyl (C=O) groups excluding carboxylic acids is 3. The minimum atomic E-state index is -2.12. The van der Waals surface area contributed by atoms with Gasteiger partial charge in [0.1, 0.15) is 11.8 Å². The zero-order valence-electron chi connectivity index (χ0n) is 24.2. The lowest BCUT2D eigenvalue weighted by molar-refractivity contribution is -0.214. The lowest BCUT2D eigenvalue weighted by Crippen LogP contribution is -2.69. The van der Waals surface area contributed by atoms with Crippen LogP contribution in [0, 0.1) is 22.7 Å². The van der Waals surface area contributed by atoms with Gasteiger partial charge in [-0.2, -0.15) is 0 Å². The molecular weight excluding hydrogens is 594 g/mol. The van der Waals surface area contributed by atoms with Gasteiger partial charge in [0.05, 0.1) is 11.7 Å². The number of hydrogen-bond donors (Lipinski definition) is 2. The summed E-state index contributed by atoms with van der Waals surface area (Å²) < 4.78 is 42.7. The highest BCUT2D eigenvalue weighted by Gasteiger charge is 2.75. The number of halogens is 2. The fraction of sp³-hybridized carbons (Fsp3) is 0.469. The number of aliphatic hydroxyl groups excluding tert-OH is 1. The summed E-state index contributed by atoms with van der Waals surface area (Å²) in [7, 11) is 0. The van der Waals surface area contributed by atoms with Gasteiger partial charge >= 0.3 is 5.97 Å². The molecule has 0 amide bonds. The van der Waals surface area contributed by atoms with Crippen LogP contribution in [-0.2, 0) is 14.3 Å². The monoisotopic (exact) mass is 626 g/mol. The van der Waals surface area contributed by atoms with Crippen LogP contribution in [0.25, 0.3) is 0 Å². The number of nitrogens with zero attached hydrogens (tertiary/aromatic N) is 1. The summed E-state index contributed by atoms with van der Waals surface area (Å²) in [4.78, 5) is 50.6. The Hall–Kier alpha value is -3.64. The van der Waals surface area contributed by atoms with Crippen LogP contribution < -0.4 is 10.3 Å². The Balaban J connectivity index is 1.30. The van der Waals surface area contributed by atoms with E-state index in [9.17, 15) is 28.7 Å². The van der Waals surface area contributed by atoms with E-state index in [1.807, 2.05) is 0 Å². The van der Waals surface area contributed by atoms with Gasteiger partial charge in [0, 0.05) is 28.9 Å². The highest BCUT2D eigenvalue weighted by molar-refractivity contribution is 8.13. The molecule has 9 nitrogen and oxygen atoms in total. The number of aliphatic hydroxyl groups is 1. The molecule has 44 heavy (non-hydrogen) atoms. The van der Waals surface area contributed by atoms with E-state index in [4.69, 9.17) is 9.47 Å². The molecule has 0 aliphatic heterocycles. The van der Waals surface area contributed by atoms with Crippen LogP contribution in [0.1, 0.15) is 56.3 Å². The first-order chi connectivity index (χ1) is 20.9. The minimum Gasteiger partial charge on any atom is -0.446 e. The molecule has 0 radical (unpaired) electrons. The molecule has 3 fully saturated rings. The van der Waals surface area contributed by atoms with Crippen molar-refractivity contribution in [3.05, 3.63) is 76.1 Å². The molecule has 0 saturated heterocycles. The van der Waals surface area contributed by atoms with E-state index in [-0.39, 0.29) is 30.1 Å². The van der Waals surface area contributed by atoms with Gasteiger partial charge < -0.3 is 14.6 Å². The Labute approximate surface area is 256 Å². The zero-order chi connectivity index (χ0) is 31.5. The molecule has 1 heterocycles. The predicted molar refractivity (Wildman–Crippen MR) is 156 cm³/mol. The average Bonchev–Trinajstić information content (AvgIpc) is 3.28. The lowest BCUT2D eigenvalue weighted by atomic mass is 9.45. The van der Waals surface area contributed by atoms with E-state index < -0.39 is 62.7 Å². The molecule has 2 aromatic rings. The number of aromatic amines is 1. The van der Waals surface area contributed by atoms with Gasteiger partial charge in [-0.1, -0.05) is 18.6 Å². The number of esters is 1. The zero-order valence-corrected chi connectivity index (χ0v) is 25.0. The van der Waals surface area contributed by atoms with Crippen LogP contribution in [0.3, 0.4) is 0 Å². The Kier molecular flexibility index (Phi) is 7.43. The second-order valence-corrected chi connectivity index (χ2v) is 13.3. The van der Waals surface area contributed by atoms with E-state index in [1.54, 1.807) is 19.9 Å². The van der Waals surface area contributed by atoms with E-state index in [2.05, 4.69) is 10.2 Å². The summed E-state index contributed by atoms with van der Waals surface area (Å²) in [5, 5.41) is 17.0. The number of ketones is 1. The Bertz CT molecular complexity index is 1620. The summed E-state index contributed by atoms with van der Waals surface area (Å²) in [6.07, 6.45) is 3.78. The van der Waals surface area contributed by atoms with Crippen LogP contribution in [0.15, 0.2) is 65.0 Å². The number of hydrogen-bond acceptors (Lipinski definition) is 9. The van der Waals surface area contributed by atoms with Crippen molar-refractivity contribution in [3.63, 3.8) is 0 Å². The van der Waals surface area contributed by atoms with Crippen molar-refractivity contribution in [1.82, 2.24) is 10.2 Å². The topological polar surface area (TPSA) is 136 Å². The molecule has 4 aliphatic carbocycles. The third-order valence-corrected chi connectivity index (χ3v) is 11.2. The molecule has 232 valence electrons. The van der Waals surface area contributed by atoms with Gasteiger partial charge in [0.25, 0.3) is 5.56 Å². The predicted octanol–water partition coefficient (Wildman–Crippen LogP) is 5.02.